The van der Waals surface area contributed by atoms with Crippen LogP contribution in [0.2, 0.25) is 0 Å². The van der Waals surface area contributed by atoms with E-state index in [2.05, 4.69) is 374 Å². The lowest BCUT2D eigenvalue weighted by atomic mass is 9.80. The highest BCUT2D eigenvalue weighted by atomic mass is 79.9. The third-order valence-electron chi connectivity index (χ3n) is 28.1. The fraction of sp³-hybridized carbons (Fsp3) is 0. The minimum absolute atomic E-state index is 0.422. The number of fused-ring (bicyclic) bond motifs is 36. The number of aromatic nitrogens is 4. The van der Waals surface area contributed by atoms with Gasteiger partial charge in [-0.3, -0.25) is 0 Å². The van der Waals surface area contributed by atoms with E-state index >= 15 is 0 Å². The molecule has 0 saturated carbocycles. The summed E-state index contributed by atoms with van der Waals surface area (Å²) in [5.41, 5.74) is 29.5. The first-order valence-electron chi connectivity index (χ1n) is 45.3. The summed E-state index contributed by atoms with van der Waals surface area (Å²) in [5.74, 6) is 0. The Bertz CT molecular complexity index is 10300. The fourth-order valence-electron chi connectivity index (χ4n) is 22.0. The lowest BCUT2D eigenvalue weighted by molar-refractivity contribution is 0.426. The SMILES string of the molecule is Brc1ccc2oc3cc4c(cc3c2c1)oc1ccc(-n2c3ccccc3c3ccccc32)cc14.OB(O)c1ccc2oc3cc4c(cc3c2c1)oc1ccc(-n2c3ccccc3c3ccccc32)cc14.c1ccc2c(c1)c1ccccc1n2-c1ccc2oc3cc4c(cc3c2c1)oc1ccc(-c2ccc3oc5cc6c(cc5c3c2)oc2ccc(-n3c5ccccc5c5ccccc53)cc26)cc14. The molecule has 0 radical (unpaired) electrons. The molecule has 0 aliphatic carbocycles. The molecule has 20 aromatic carbocycles. The number of benzene rings is 20. The Kier molecular flexibility index (Phi) is 15.6. The summed E-state index contributed by atoms with van der Waals surface area (Å²) in [6.45, 7) is 0. The highest BCUT2D eigenvalue weighted by Gasteiger charge is 2.26. The number of halogens is 1. The first-order valence-corrected chi connectivity index (χ1v) is 46.1. The van der Waals surface area contributed by atoms with E-state index in [1.165, 1.54) is 76.2 Å². The summed E-state index contributed by atoms with van der Waals surface area (Å²) in [6.07, 6.45) is 0. The van der Waals surface area contributed by atoms with Gasteiger partial charge in [0.05, 0.1) is 44.1 Å². The van der Waals surface area contributed by atoms with E-state index < -0.39 is 7.12 Å². The van der Waals surface area contributed by atoms with Crippen molar-refractivity contribution in [3.63, 3.8) is 0 Å². The molecule has 0 fully saturated rings. The molecule has 0 bridgehead atoms. The van der Waals surface area contributed by atoms with Crippen LogP contribution in [0.25, 0.3) is 297 Å². The molecule has 0 atom stereocenters. The predicted octanol–water partition coefficient (Wildman–Crippen LogP) is 32.8. The molecule has 0 spiro atoms. The quantitative estimate of drug-likeness (QED) is 0.153. The Balaban J connectivity index is 0.000000106. The van der Waals surface area contributed by atoms with Gasteiger partial charge >= 0.3 is 7.12 Å². The van der Waals surface area contributed by atoms with E-state index in [4.69, 9.17) is 35.3 Å². The van der Waals surface area contributed by atoms with E-state index in [1.54, 1.807) is 18.2 Å². The third-order valence-corrected chi connectivity index (χ3v) is 28.6. The number of furan rings is 8. The fourth-order valence-corrected chi connectivity index (χ4v) is 22.4. The Morgan fingerprint density at radius 2 is 0.346 bits per heavy atom. The molecule has 12 aromatic heterocycles. The van der Waals surface area contributed by atoms with Crippen LogP contribution in [0.4, 0.5) is 0 Å². The maximum absolute atomic E-state index is 9.60. The van der Waals surface area contributed by atoms with Crippen LogP contribution in [0.15, 0.2) is 428 Å². The summed E-state index contributed by atoms with van der Waals surface area (Å²) in [7, 11) is -1.53. The molecule has 0 unspecified atom stereocenters. The van der Waals surface area contributed by atoms with Crippen LogP contribution in [-0.4, -0.2) is 35.4 Å². The predicted molar refractivity (Wildman–Crippen MR) is 558 cm³/mol. The summed E-state index contributed by atoms with van der Waals surface area (Å²) in [6, 6.07) is 135. The molecular formula is C120H66BBrN4O10. The zero-order chi connectivity index (χ0) is 89.1. The topological polar surface area (TPSA) is 165 Å². The number of hydrogen-bond donors (Lipinski definition) is 2. The van der Waals surface area contributed by atoms with Crippen molar-refractivity contribution in [2.45, 2.75) is 0 Å². The monoisotopic (exact) mass is 1810 g/mol. The highest BCUT2D eigenvalue weighted by molar-refractivity contribution is 9.10. The van der Waals surface area contributed by atoms with E-state index in [1.807, 2.05) is 30.3 Å². The van der Waals surface area contributed by atoms with E-state index in [-0.39, 0.29) is 0 Å². The molecule has 32 aromatic rings. The van der Waals surface area contributed by atoms with Crippen molar-refractivity contribution >= 4 is 291 Å². The number of nitrogens with zero attached hydrogens (tertiary/aromatic N) is 4. The lowest BCUT2D eigenvalue weighted by Crippen LogP contribution is -2.29. The average molecular weight is 1810 g/mol. The molecule has 0 amide bonds. The van der Waals surface area contributed by atoms with Crippen molar-refractivity contribution in [1.82, 2.24) is 18.3 Å². The van der Waals surface area contributed by atoms with Gasteiger partial charge in [0.1, 0.15) is 89.3 Å². The van der Waals surface area contributed by atoms with E-state index in [0.717, 1.165) is 219 Å². The Morgan fingerprint density at radius 1 is 0.162 bits per heavy atom. The van der Waals surface area contributed by atoms with Gasteiger partial charge in [-0.1, -0.05) is 186 Å². The van der Waals surface area contributed by atoms with Gasteiger partial charge in [0.15, 0.2) is 0 Å². The molecule has 14 nitrogen and oxygen atoms in total. The molecular weight excluding hydrogens is 1750 g/mol. The molecule has 0 saturated heterocycles. The normalized spacial score (nSPS) is 12.4. The van der Waals surface area contributed by atoms with Gasteiger partial charge in [0, 0.05) is 156 Å². The van der Waals surface area contributed by atoms with Crippen molar-refractivity contribution in [3.8, 4) is 33.9 Å². The van der Waals surface area contributed by atoms with Crippen LogP contribution in [0.3, 0.4) is 0 Å². The van der Waals surface area contributed by atoms with Crippen LogP contribution in [0.5, 0.6) is 0 Å². The zero-order valence-corrected chi connectivity index (χ0v) is 73.4. The summed E-state index contributed by atoms with van der Waals surface area (Å²) < 4.78 is 61.4. The molecule has 12 heterocycles. The third kappa shape index (κ3) is 11.1. The van der Waals surface area contributed by atoms with E-state index in [0.29, 0.717) is 11.0 Å². The van der Waals surface area contributed by atoms with Gasteiger partial charge in [0.2, 0.25) is 0 Å². The van der Waals surface area contributed by atoms with Crippen LogP contribution in [-0.2, 0) is 0 Å². The van der Waals surface area contributed by atoms with Crippen LogP contribution in [0, 0.1) is 0 Å². The van der Waals surface area contributed by atoms with Crippen molar-refractivity contribution in [3.05, 3.63) is 393 Å². The Labute approximate surface area is 776 Å². The molecule has 2 N–H and O–H groups in total. The second kappa shape index (κ2) is 28.3. The second-order valence-corrected chi connectivity index (χ2v) is 36.5. The van der Waals surface area contributed by atoms with Crippen LogP contribution in [0.1, 0.15) is 0 Å². The van der Waals surface area contributed by atoms with Gasteiger partial charge in [-0.2, -0.15) is 0 Å². The molecule has 136 heavy (non-hydrogen) atoms. The van der Waals surface area contributed by atoms with Gasteiger partial charge in [0.25, 0.3) is 0 Å². The maximum Gasteiger partial charge on any atom is 0.488 e. The van der Waals surface area contributed by atoms with Gasteiger partial charge in [-0.05, 0) is 235 Å². The molecule has 32 rings (SSSR count). The Morgan fingerprint density at radius 3 is 0.581 bits per heavy atom. The van der Waals surface area contributed by atoms with E-state index in [9.17, 15) is 10.0 Å². The van der Waals surface area contributed by atoms with Crippen molar-refractivity contribution in [2.24, 2.45) is 0 Å². The second-order valence-electron chi connectivity index (χ2n) is 35.6. The number of para-hydroxylation sites is 8. The van der Waals surface area contributed by atoms with Crippen LogP contribution < -0.4 is 5.46 Å². The number of hydrogen-bond acceptors (Lipinski definition) is 10. The number of rotatable bonds is 6. The molecule has 16 heteroatoms. The molecule has 0 aliphatic heterocycles. The molecule has 636 valence electrons. The van der Waals surface area contributed by atoms with Crippen molar-refractivity contribution in [2.75, 3.05) is 0 Å². The zero-order valence-electron chi connectivity index (χ0n) is 71.9. The molecule has 0 aliphatic rings. The van der Waals surface area contributed by atoms with Gasteiger partial charge in [-0.25, -0.2) is 0 Å². The summed E-state index contributed by atoms with van der Waals surface area (Å²) >= 11 is 3.57. The Hall–Kier alpha value is -17.5. The lowest BCUT2D eigenvalue weighted by Gasteiger charge is -2.07. The summed E-state index contributed by atoms with van der Waals surface area (Å²) in [5, 5.41) is 45.4. The average Bonchev–Trinajstić information content (AvgIpc) is 1.58. The highest BCUT2D eigenvalue weighted by Crippen LogP contribution is 2.48. The van der Waals surface area contributed by atoms with Gasteiger partial charge < -0.3 is 63.7 Å². The standard InChI is InChI=1S/C60H32N2O4.C30H18BNO4.C30H16BrNO2/c1-5-13-49-37(9-1)38-10-2-6-14-50(38)61(49)35-19-23-55-43(27-35)47-31-57-45(29-59(47)65-55)41-25-33(17-21-53(41)63-57)34-18-22-54-42(26-34)46-30-60-48(32-58(46)64-54)44-28-36(20-24-56(44)66-60)62-51-15-7-3-11-39(51)40-12-4-8-16-52(40)62;33-31(34)17-9-11-27-21(13-17)23-15-30-24(16-29(23)35-27)22-14-18(10-12-28(22)36-30)32-25-7-3-1-5-19(25)20-6-2-4-8-26(20)32;31-17-9-11-27-21(13-17)23-15-30-24(16-29(23)33-27)22-14-18(10-12-28(22)34-30)32-25-7-3-1-5-19(25)20-6-2-4-8-26(20)32/h1-32H;1-16,33-34H;1-16H. The minimum Gasteiger partial charge on any atom is -0.456 e. The minimum atomic E-state index is -1.53. The van der Waals surface area contributed by atoms with Crippen molar-refractivity contribution < 1.29 is 45.4 Å². The largest absolute Gasteiger partial charge is 0.488 e. The smallest absolute Gasteiger partial charge is 0.456 e. The summed E-state index contributed by atoms with van der Waals surface area (Å²) in [4.78, 5) is 0. The van der Waals surface area contributed by atoms with Gasteiger partial charge in [-0.15, -0.1) is 0 Å². The first-order chi connectivity index (χ1) is 67.1. The first kappa shape index (κ1) is 75.2. The van der Waals surface area contributed by atoms with Crippen LogP contribution >= 0.6 is 15.9 Å². The maximum atomic E-state index is 9.60. The van der Waals surface area contributed by atoms with Crippen molar-refractivity contribution in [1.29, 1.82) is 0 Å².